The number of aromatic amines is 1. The summed E-state index contributed by atoms with van der Waals surface area (Å²) >= 11 is 0. The number of aryl methyl sites for hydroxylation is 1. The average Bonchev–Trinajstić information content (AvgIpc) is 3.25. The lowest BCUT2D eigenvalue weighted by Crippen LogP contribution is -2.38. The van der Waals surface area contributed by atoms with E-state index in [1.165, 1.54) is 34.9 Å². The normalized spacial score (nSPS) is 15.3. The average molecular weight is 298 g/mol. The van der Waals surface area contributed by atoms with Crippen molar-refractivity contribution in [2.24, 2.45) is 10.9 Å². The van der Waals surface area contributed by atoms with Gasteiger partial charge >= 0.3 is 0 Å². The van der Waals surface area contributed by atoms with Crippen LogP contribution in [0.5, 0.6) is 0 Å². The molecule has 1 aliphatic rings. The number of rotatable bonds is 6. The molecule has 1 fully saturated rings. The third-order valence-corrected chi connectivity index (χ3v) is 4.23. The van der Waals surface area contributed by atoms with Crippen LogP contribution in [-0.2, 0) is 6.42 Å². The maximum atomic E-state index is 4.66. The predicted molar refractivity (Wildman–Crippen MR) is 93.4 cm³/mol. The molecule has 0 radical (unpaired) electrons. The third-order valence-electron chi connectivity index (χ3n) is 4.23. The zero-order valence-corrected chi connectivity index (χ0v) is 13.6. The van der Waals surface area contributed by atoms with Crippen LogP contribution < -0.4 is 10.6 Å². The lowest BCUT2D eigenvalue weighted by Gasteiger charge is -2.11. The van der Waals surface area contributed by atoms with Gasteiger partial charge in [-0.2, -0.15) is 0 Å². The number of guanidine groups is 1. The van der Waals surface area contributed by atoms with Gasteiger partial charge in [-0.3, -0.25) is 4.99 Å². The maximum absolute atomic E-state index is 4.66. The van der Waals surface area contributed by atoms with Crippen molar-refractivity contribution in [3.63, 3.8) is 0 Å². The summed E-state index contributed by atoms with van der Waals surface area (Å²) in [6.07, 6.45) is 5.82. The topological polar surface area (TPSA) is 52.2 Å². The lowest BCUT2D eigenvalue weighted by atomic mass is 10.1. The van der Waals surface area contributed by atoms with Crippen LogP contribution >= 0.6 is 0 Å². The Morgan fingerprint density at radius 3 is 2.95 bits per heavy atom. The van der Waals surface area contributed by atoms with Crippen molar-refractivity contribution in [2.45, 2.75) is 33.1 Å². The number of aliphatic imine (C=N–C) groups is 1. The highest BCUT2D eigenvalue weighted by atomic mass is 15.2. The van der Waals surface area contributed by atoms with Gasteiger partial charge in [0.2, 0.25) is 0 Å². The molecule has 0 amide bonds. The first-order valence-electron chi connectivity index (χ1n) is 8.35. The highest BCUT2D eigenvalue weighted by Gasteiger charge is 2.20. The number of fused-ring (bicyclic) bond motifs is 1. The first-order chi connectivity index (χ1) is 10.8. The molecule has 1 aliphatic carbocycles. The number of hydrogen-bond acceptors (Lipinski definition) is 1. The van der Waals surface area contributed by atoms with Crippen molar-refractivity contribution in [3.05, 3.63) is 35.5 Å². The lowest BCUT2D eigenvalue weighted by molar-refractivity contribution is 0.778. The van der Waals surface area contributed by atoms with Crippen LogP contribution in [0, 0.1) is 12.8 Å². The summed E-state index contributed by atoms with van der Waals surface area (Å²) in [5, 5.41) is 8.14. The monoisotopic (exact) mass is 298 g/mol. The predicted octanol–water partition coefficient (Wildman–Crippen LogP) is 2.98. The number of hydrogen-bond donors (Lipinski definition) is 3. The smallest absolute Gasteiger partial charge is 0.191 e. The van der Waals surface area contributed by atoms with Gasteiger partial charge in [-0.05, 0) is 56.2 Å². The molecule has 22 heavy (non-hydrogen) atoms. The Morgan fingerprint density at radius 1 is 1.32 bits per heavy atom. The maximum Gasteiger partial charge on any atom is 0.191 e. The second-order valence-corrected chi connectivity index (χ2v) is 6.15. The van der Waals surface area contributed by atoms with Crippen molar-refractivity contribution < 1.29 is 0 Å². The van der Waals surface area contributed by atoms with Crippen molar-refractivity contribution in [1.29, 1.82) is 0 Å². The van der Waals surface area contributed by atoms with E-state index in [1.807, 2.05) is 0 Å². The zero-order valence-electron chi connectivity index (χ0n) is 13.6. The van der Waals surface area contributed by atoms with Gasteiger partial charge < -0.3 is 15.6 Å². The Hall–Kier alpha value is -1.97. The van der Waals surface area contributed by atoms with Gasteiger partial charge in [0, 0.05) is 36.7 Å². The Bertz CT molecular complexity index is 652. The van der Waals surface area contributed by atoms with E-state index in [9.17, 15) is 0 Å². The highest BCUT2D eigenvalue weighted by molar-refractivity contribution is 5.86. The summed E-state index contributed by atoms with van der Waals surface area (Å²) in [5.74, 6) is 1.78. The quantitative estimate of drug-likeness (QED) is 0.567. The number of nitrogens with one attached hydrogen (secondary N) is 3. The SMILES string of the molecule is CCNC(=NCC1CC1)NCCc1c[nH]c2cccc(C)c12. The number of benzene rings is 1. The van der Waals surface area contributed by atoms with Gasteiger partial charge in [-0.25, -0.2) is 0 Å². The molecule has 0 saturated heterocycles. The summed E-state index contributed by atoms with van der Waals surface area (Å²) in [7, 11) is 0. The molecule has 1 aromatic carbocycles. The van der Waals surface area contributed by atoms with Crippen molar-refractivity contribution in [1.82, 2.24) is 15.6 Å². The molecular formula is C18H26N4. The number of aromatic nitrogens is 1. The van der Waals surface area contributed by atoms with Gasteiger partial charge in [0.05, 0.1) is 0 Å². The van der Waals surface area contributed by atoms with E-state index >= 15 is 0 Å². The first-order valence-corrected chi connectivity index (χ1v) is 8.35. The second kappa shape index (κ2) is 6.86. The molecule has 0 unspecified atom stereocenters. The molecule has 0 aliphatic heterocycles. The van der Waals surface area contributed by atoms with Crippen molar-refractivity contribution in [3.8, 4) is 0 Å². The van der Waals surface area contributed by atoms with E-state index in [-0.39, 0.29) is 0 Å². The van der Waals surface area contributed by atoms with Gasteiger partial charge in [0.1, 0.15) is 0 Å². The van der Waals surface area contributed by atoms with Crippen LogP contribution in [0.2, 0.25) is 0 Å². The molecule has 1 saturated carbocycles. The Labute approximate surface area is 132 Å². The van der Waals surface area contributed by atoms with Crippen molar-refractivity contribution in [2.75, 3.05) is 19.6 Å². The molecule has 118 valence electrons. The minimum atomic E-state index is 0.826. The van der Waals surface area contributed by atoms with Crippen LogP contribution in [-0.4, -0.2) is 30.6 Å². The molecule has 0 bridgehead atoms. The van der Waals surface area contributed by atoms with Gasteiger partial charge in [0.25, 0.3) is 0 Å². The number of nitrogens with zero attached hydrogens (tertiary/aromatic N) is 1. The van der Waals surface area contributed by atoms with Crippen molar-refractivity contribution >= 4 is 16.9 Å². The van der Waals surface area contributed by atoms with E-state index < -0.39 is 0 Å². The molecule has 4 nitrogen and oxygen atoms in total. The van der Waals surface area contributed by atoms with E-state index in [2.05, 4.69) is 58.9 Å². The van der Waals surface area contributed by atoms with E-state index in [0.29, 0.717) is 0 Å². The molecular weight excluding hydrogens is 272 g/mol. The largest absolute Gasteiger partial charge is 0.361 e. The van der Waals surface area contributed by atoms with Crippen LogP contribution in [0.15, 0.2) is 29.4 Å². The third kappa shape index (κ3) is 3.62. The fourth-order valence-electron chi connectivity index (χ4n) is 2.83. The summed E-state index contributed by atoms with van der Waals surface area (Å²) in [6.45, 7) is 7.05. The molecule has 3 N–H and O–H groups in total. The molecule has 0 atom stereocenters. The molecule has 3 rings (SSSR count). The minimum Gasteiger partial charge on any atom is -0.361 e. The van der Waals surface area contributed by atoms with Gasteiger partial charge in [-0.1, -0.05) is 12.1 Å². The van der Waals surface area contributed by atoms with E-state index in [0.717, 1.165) is 37.9 Å². The minimum absolute atomic E-state index is 0.826. The highest BCUT2D eigenvalue weighted by Crippen LogP contribution is 2.28. The summed E-state index contributed by atoms with van der Waals surface area (Å²) in [4.78, 5) is 8.03. The second-order valence-electron chi connectivity index (χ2n) is 6.15. The fraction of sp³-hybridized carbons (Fsp3) is 0.500. The Kier molecular flexibility index (Phi) is 4.66. The van der Waals surface area contributed by atoms with E-state index in [1.54, 1.807) is 0 Å². The molecule has 1 aromatic heterocycles. The van der Waals surface area contributed by atoms with Gasteiger partial charge in [0.15, 0.2) is 5.96 Å². The zero-order chi connectivity index (χ0) is 15.4. The Balaban J connectivity index is 1.59. The summed E-state index contributed by atoms with van der Waals surface area (Å²) in [5.41, 5.74) is 3.94. The standard InChI is InChI=1S/C18H26N4/c1-3-19-18(22-11-14-7-8-14)20-10-9-15-12-21-16-6-4-5-13(2)17(15)16/h4-6,12,14,21H,3,7-11H2,1-2H3,(H2,19,20,22). The Morgan fingerprint density at radius 2 is 2.18 bits per heavy atom. The van der Waals surface area contributed by atoms with Crippen LogP contribution in [0.3, 0.4) is 0 Å². The van der Waals surface area contributed by atoms with E-state index in [4.69, 9.17) is 0 Å². The summed E-state index contributed by atoms with van der Waals surface area (Å²) < 4.78 is 0. The van der Waals surface area contributed by atoms with Gasteiger partial charge in [-0.15, -0.1) is 0 Å². The molecule has 1 heterocycles. The van der Waals surface area contributed by atoms with Crippen LogP contribution in [0.1, 0.15) is 30.9 Å². The van der Waals surface area contributed by atoms with Crippen LogP contribution in [0.4, 0.5) is 0 Å². The molecule has 2 aromatic rings. The molecule has 4 heteroatoms. The summed E-state index contributed by atoms with van der Waals surface area (Å²) in [6, 6.07) is 6.42. The first kappa shape index (κ1) is 14.9. The van der Waals surface area contributed by atoms with Crippen LogP contribution in [0.25, 0.3) is 10.9 Å². The molecule has 0 spiro atoms. The fourth-order valence-corrected chi connectivity index (χ4v) is 2.83. The number of H-pyrrole nitrogens is 1.